The van der Waals surface area contributed by atoms with Crippen molar-refractivity contribution in [1.29, 1.82) is 0 Å². The third kappa shape index (κ3) is 4.18. The van der Waals surface area contributed by atoms with Gasteiger partial charge in [-0.1, -0.05) is 10.0 Å². The molecule has 0 heterocycles. The van der Waals surface area contributed by atoms with Crippen molar-refractivity contribution in [3.05, 3.63) is 35.6 Å². The molecule has 0 amide bonds. The summed E-state index contributed by atoms with van der Waals surface area (Å²) in [5.74, 6) is -0.482. The van der Waals surface area contributed by atoms with Crippen LogP contribution < -0.4 is 5.73 Å². The summed E-state index contributed by atoms with van der Waals surface area (Å²) in [6, 6.07) is 3.79. The Hall–Kier alpha value is -1.60. The molecule has 7 heteroatoms. The molecule has 1 aromatic carbocycles. The average molecular weight is 302 g/mol. The molecule has 1 fully saturated rings. The zero-order chi connectivity index (χ0) is 15.5. The van der Waals surface area contributed by atoms with Crippen LogP contribution in [0.15, 0.2) is 29.4 Å². The molecule has 1 saturated carbocycles. The topological polar surface area (TPSA) is 56.8 Å². The van der Waals surface area contributed by atoms with Gasteiger partial charge in [-0.2, -0.15) is 8.78 Å². The van der Waals surface area contributed by atoms with E-state index in [1.165, 1.54) is 0 Å². The fraction of sp³-hybridized carbons (Fsp3) is 0.500. The summed E-state index contributed by atoms with van der Waals surface area (Å²) in [7, 11) is 0. The summed E-state index contributed by atoms with van der Waals surface area (Å²) < 4.78 is 39.9. The van der Waals surface area contributed by atoms with Crippen molar-refractivity contribution in [2.24, 2.45) is 16.8 Å². The van der Waals surface area contributed by atoms with Crippen LogP contribution in [0.25, 0.3) is 0 Å². The maximum atomic E-state index is 13.6. The second kappa shape index (κ2) is 6.44. The van der Waals surface area contributed by atoms with Crippen LogP contribution in [0.3, 0.4) is 0 Å². The second-order valence-corrected chi connectivity index (χ2v) is 5.18. The molecule has 116 valence electrons. The van der Waals surface area contributed by atoms with Crippen molar-refractivity contribution in [1.82, 2.24) is 0 Å². The van der Waals surface area contributed by atoms with Gasteiger partial charge in [-0.25, -0.2) is 9.38 Å². The van der Waals surface area contributed by atoms with Crippen LogP contribution in [-0.4, -0.2) is 11.8 Å². The SMILES string of the molecule is C/C(=N\OOC(F)(F)c1ccc(F)cc1)[C@H]1CC[C@@H](N)C1. The second-order valence-electron chi connectivity index (χ2n) is 5.18. The summed E-state index contributed by atoms with van der Waals surface area (Å²) in [5.41, 5.74) is 5.82. The quantitative estimate of drug-likeness (QED) is 0.515. The predicted octanol–water partition coefficient (Wildman–Crippen LogP) is 3.33. The molecule has 0 bridgehead atoms. The van der Waals surface area contributed by atoms with E-state index >= 15 is 0 Å². The molecule has 0 saturated heterocycles. The number of hydrogen-bond donors (Lipinski definition) is 1. The number of benzene rings is 1. The molecule has 1 aliphatic rings. The van der Waals surface area contributed by atoms with Crippen molar-refractivity contribution in [2.75, 3.05) is 0 Å². The van der Waals surface area contributed by atoms with Gasteiger partial charge in [0.2, 0.25) is 0 Å². The standard InChI is InChI=1S/C14H17F3N2O2/c1-9(10-2-7-13(18)8-10)19-21-20-14(16,17)11-3-5-12(15)6-4-11/h3-6,10,13H,2,7-8,18H2,1H3/b19-9+/t10-,13+/m0/s1. The molecule has 2 atom stereocenters. The maximum absolute atomic E-state index is 13.6. The third-order valence-electron chi connectivity index (χ3n) is 3.57. The van der Waals surface area contributed by atoms with Gasteiger partial charge in [0.05, 0.1) is 11.3 Å². The lowest BCUT2D eigenvalue weighted by atomic mass is 10.0. The van der Waals surface area contributed by atoms with E-state index in [0.717, 1.165) is 43.5 Å². The number of rotatable bonds is 5. The van der Waals surface area contributed by atoms with Crippen LogP contribution in [-0.2, 0) is 16.0 Å². The molecule has 0 unspecified atom stereocenters. The van der Waals surface area contributed by atoms with E-state index in [1.54, 1.807) is 6.92 Å². The average Bonchev–Trinajstić information content (AvgIpc) is 2.86. The Morgan fingerprint density at radius 1 is 1.29 bits per heavy atom. The van der Waals surface area contributed by atoms with Gasteiger partial charge in [-0.3, -0.25) is 0 Å². The Balaban J connectivity index is 1.90. The van der Waals surface area contributed by atoms with Crippen LogP contribution in [0.1, 0.15) is 31.7 Å². The first-order valence-corrected chi connectivity index (χ1v) is 6.67. The molecule has 4 nitrogen and oxygen atoms in total. The van der Waals surface area contributed by atoms with Gasteiger partial charge in [-0.15, -0.1) is 0 Å². The summed E-state index contributed by atoms with van der Waals surface area (Å²) in [6.07, 6.45) is -1.21. The van der Waals surface area contributed by atoms with E-state index in [9.17, 15) is 13.2 Å². The third-order valence-corrected chi connectivity index (χ3v) is 3.57. The van der Waals surface area contributed by atoms with Gasteiger partial charge in [0.25, 0.3) is 0 Å². The minimum Gasteiger partial charge on any atom is -0.328 e. The predicted molar refractivity (Wildman–Crippen MR) is 70.9 cm³/mol. The fourth-order valence-corrected chi connectivity index (χ4v) is 2.29. The smallest absolute Gasteiger partial charge is 0.328 e. The molecular weight excluding hydrogens is 285 g/mol. The van der Waals surface area contributed by atoms with E-state index in [-0.39, 0.29) is 12.0 Å². The highest BCUT2D eigenvalue weighted by molar-refractivity contribution is 5.84. The van der Waals surface area contributed by atoms with Gasteiger partial charge in [0.1, 0.15) is 5.82 Å². The van der Waals surface area contributed by atoms with Gasteiger partial charge in [0.15, 0.2) is 0 Å². The highest BCUT2D eigenvalue weighted by atomic mass is 19.3. The number of alkyl halides is 2. The molecular formula is C14H17F3N2O2. The first kappa shape index (κ1) is 15.8. The monoisotopic (exact) mass is 302 g/mol. The summed E-state index contributed by atoms with van der Waals surface area (Å²) >= 11 is 0. The van der Waals surface area contributed by atoms with Crippen molar-refractivity contribution in [2.45, 2.75) is 38.3 Å². The molecule has 0 aliphatic heterocycles. The minimum atomic E-state index is -3.70. The first-order chi connectivity index (χ1) is 9.88. The largest absolute Gasteiger partial charge is 0.420 e. The van der Waals surface area contributed by atoms with E-state index in [2.05, 4.69) is 15.0 Å². The van der Waals surface area contributed by atoms with Crippen molar-refractivity contribution in [3.8, 4) is 0 Å². The Bertz CT molecular complexity index is 505. The van der Waals surface area contributed by atoms with Crippen LogP contribution in [0.2, 0.25) is 0 Å². The lowest BCUT2D eigenvalue weighted by Crippen LogP contribution is -2.19. The highest BCUT2D eigenvalue weighted by Gasteiger charge is 2.36. The van der Waals surface area contributed by atoms with Gasteiger partial charge >= 0.3 is 6.11 Å². The minimum absolute atomic E-state index is 0.113. The Morgan fingerprint density at radius 3 is 2.52 bits per heavy atom. The molecule has 0 radical (unpaired) electrons. The summed E-state index contributed by atoms with van der Waals surface area (Å²) in [5, 5.41) is 3.55. The van der Waals surface area contributed by atoms with E-state index in [0.29, 0.717) is 5.71 Å². The zero-order valence-electron chi connectivity index (χ0n) is 11.6. The number of hydrogen-bond acceptors (Lipinski definition) is 4. The number of halogens is 3. The van der Waals surface area contributed by atoms with E-state index in [1.807, 2.05) is 0 Å². The molecule has 2 rings (SSSR count). The van der Waals surface area contributed by atoms with Crippen LogP contribution in [0.5, 0.6) is 0 Å². The molecule has 21 heavy (non-hydrogen) atoms. The number of nitrogens with two attached hydrogens (primary N) is 1. The van der Waals surface area contributed by atoms with Crippen LogP contribution >= 0.6 is 0 Å². The van der Waals surface area contributed by atoms with Crippen LogP contribution in [0.4, 0.5) is 13.2 Å². The number of nitrogens with zero attached hydrogens (tertiary/aromatic N) is 1. The highest BCUT2D eigenvalue weighted by Crippen LogP contribution is 2.30. The fourth-order valence-electron chi connectivity index (χ4n) is 2.29. The molecule has 1 aliphatic carbocycles. The van der Waals surface area contributed by atoms with Crippen molar-refractivity contribution < 1.29 is 23.0 Å². The normalized spacial score (nSPS) is 23.4. The van der Waals surface area contributed by atoms with Crippen molar-refractivity contribution in [3.63, 3.8) is 0 Å². The first-order valence-electron chi connectivity index (χ1n) is 6.67. The molecule has 2 N–H and O–H groups in total. The lowest BCUT2D eigenvalue weighted by molar-refractivity contribution is -0.449. The Labute approximate surface area is 120 Å². The molecule has 0 spiro atoms. The van der Waals surface area contributed by atoms with Gasteiger partial charge in [-0.05, 0) is 50.5 Å². The van der Waals surface area contributed by atoms with E-state index in [4.69, 9.17) is 5.73 Å². The number of oxime groups is 1. The van der Waals surface area contributed by atoms with Gasteiger partial charge in [0, 0.05) is 12.0 Å². The van der Waals surface area contributed by atoms with E-state index < -0.39 is 17.5 Å². The Kier molecular flexibility index (Phi) is 4.84. The van der Waals surface area contributed by atoms with Crippen LogP contribution in [0, 0.1) is 11.7 Å². The Morgan fingerprint density at radius 2 is 1.95 bits per heavy atom. The zero-order valence-corrected chi connectivity index (χ0v) is 11.6. The summed E-state index contributed by atoms with van der Waals surface area (Å²) in [4.78, 5) is 8.33. The molecule has 1 aromatic rings. The van der Waals surface area contributed by atoms with Gasteiger partial charge < -0.3 is 5.73 Å². The maximum Gasteiger partial charge on any atom is 0.420 e. The van der Waals surface area contributed by atoms with Crippen molar-refractivity contribution >= 4 is 5.71 Å². The molecule has 0 aromatic heterocycles. The lowest BCUT2D eigenvalue weighted by Gasteiger charge is -2.14. The summed E-state index contributed by atoms with van der Waals surface area (Å²) in [6.45, 7) is 1.68.